The zero-order chi connectivity index (χ0) is 17.8. The lowest BCUT2D eigenvalue weighted by atomic mass is 10.1. The molecule has 7 heteroatoms. The molecule has 3 rings (SSSR count). The van der Waals surface area contributed by atoms with Gasteiger partial charge in [-0.3, -0.25) is 0 Å². The summed E-state index contributed by atoms with van der Waals surface area (Å²) in [5.74, 6) is 0.984. The molecule has 0 bridgehead atoms. The molecular formula is C18H17FO4S2. The van der Waals surface area contributed by atoms with Gasteiger partial charge in [0.1, 0.15) is 12.4 Å². The number of rotatable bonds is 6. The molecule has 0 aliphatic carbocycles. The molecule has 0 amide bonds. The summed E-state index contributed by atoms with van der Waals surface area (Å²) in [6.07, 6.45) is 0. The second kappa shape index (κ2) is 8.01. The quantitative estimate of drug-likeness (QED) is 0.791. The summed E-state index contributed by atoms with van der Waals surface area (Å²) in [5, 5.41) is 9.19. The minimum absolute atomic E-state index is 0.0142. The molecule has 0 unspecified atom stereocenters. The number of hydrogen-bond acceptors (Lipinski definition) is 5. The Hall–Kier alpha value is -1.86. The summed E-state index contributed by atoms with van der Waals surface area (Å²) in [6, 6.07) is 9.85. The monoisotopic (exact) mass is 380 g/mol. The van der Waals surface area contributed by atoms with Gasteiger partial charge in [-0.25, -0.2) is 9.18 Å². The lowest BCUT2D eigenvalue weighted by molar-refractivity contribution is 0.0696. The summed E-state index contributed by atoms with van der Waals surface area (Å²) in [4.78, 5) is 11.2. The van der Waals surface area contributed by atoms with Crippen molar-refractivity contribution in [3.63, 3.8) is 0 Å². The molecule has 1 aliphatic heterocycles. The highest BCUT2D eigenvalue weighted by atomic mass is 32.2. The highest BCUT2D eigenvalue weighted by Crippen LogP contribution is 2.49. The van der Waals surface area contributed by atoms with Crippen molar-refractivity contribution in [1.29, 1.82) is 0 Å². The van der Waals surface area contributed by atoms with E-state index in [0.717, 1.165) is 28.9 Å². The molecule has 0 atom stereocenters. The molecule has 0 radical (unpaired) electrons. The Bertz CT molecular complexity index is 758. The van der Waals surface area contributed by atoms with E-state index in [1.165, 1.54) is 6.07 Å². The van der Waals surface area contributed by atoms with E-state index in [1.807, 2.05) is 24.3 Å². The molecule has 1 heterocycles. The fourth-order valence-corrected chi connectivity index (χ4v) is 5.35. The minimum atomic E-state index is -1.14. The average Bonchev–Trinajstić information content (AvgIpc) is 3.15. The lowest BCUT2D eigenvalue weighted by Gasteiger charge is -2.17. The third-order valence-electron chi connectivity index (χ3n) is 3.74. The molecule has 1 N–H and O–H groups in total. The zero-order valence-corrected chi connectivity index (χ0v) is 15.2. The molecule has 25 heavy (non-hydrogen) atoms. The van der Waals surface area contributed by atoms with Crippen molar-refractivity contribution in [3.8, 4) is 11.5 Å². The number of carboxylic acids is 1. The second-order valence-electron chi connectivity index (χ2n) is 5.39. The SMILES string of the molecule is COc1ccc(COc2c(F)cc(C(=O)O)cc2C2SCCS2)cc1. The summed E-state index contributed by atoms with van der Waals surface area (Å²) < 4.78 is 25.4. The Morgan fingerprint density at radius 3 is 2.52 bits per heavy atom. The predicted octanol–water partition coefficient (Wildman–Crippen LogP) is 4.59. The maximum atomic E-state index is 14.5. The minimum Gasteiger partial charge on any atom is -0.497 e. The molecule has 4 nitrogen and oxygen atoms in total. The van der Waals surface area contributed by atoms with Crippen LogP contribution in [0.1, 0.15) is 26.1 Å². The number of carbonyl (C=O) groups is 1. The van der Waals surface area contributed by atoms with Crippen molar-refractivity contribution < 1.29 is 23.8 Å². The van der Waals surface area contributed by atoms with Crippen molar-refractivity contribution >= 4 is 29.5 Å². The summed E-state index contributed by atoms with van der Waals surface area (Å²) in [6.45, 7) is 0.197. The fraction of sp³-hybridized carbons (Fsp3) is 0.278. The van der Waals surface area contributed by atoms with Gasteiger partial charge in [-0.05, 0) is 29.8 Å². The number of benzene rings is 2. The summed E-state index contributed by atoms with van der Waals surface area (Å²) in [5.41, 5.74) is 1.41. The van der Waals surface area contributed by atoms with Crippen molar-refractivity contribution in [1.82, 2.24) is 0 Å². The van der Waals surface area contributed by atoms with Crippen LogP contribution < -0.4 is 9.47 Å². The van der Waals surface area contributed by atoms with Gasteiger partial charge in [-0.15, -0.1) is 23.5 Å². The van der Waals surface area contributed by atoms with Gasteiger partial charge in [0.2, 0.25) is 0 Å². The Labute approximate surface area is 153 Å². The Kier molecular flexibility index (Phi) is 5.75. The first-order valence-corrected chi connectivity index (χ1v) is 9.74. The van der Waals surface area contributed by atoms with Crippen molar-refractivity contribution in [2.75, 3.05) is 18.6 Å². The van der Waals surface area contributed by atoms with Crippen LogP contribution in [0, 0.1) is 5.82 Å². The van der Waals surface area contributed by atoms with Gasteiger partial charge < -0.3 is 14.6 Å². The molecule has 0 aromatic heterocycles. The van der Waals surface area contributed by atoms with Crippen LogP contribution in [-0.2, 0) is 6.61 Å². The summed E-state index contributed by atoms with van der Waals surface area (Å²) >= 11 is 3.34. The second-order valence-corrected chi connectivity index (χ2v) is 8.12. The van der Waals surface area contributed by atoms with E-state index in [2.05, 4.69) is 0 Å². The van der Waals surface area contributed by atoms with Crippen LogP contribution in [0.2, 0.25) is 0 Å². The molecule has 0 saturated carbocycles. The van der Waals surface area contributed by atoms with Crippen LogP contribution in [0.5, 0.6) is 11.5 Å². The van der Waals surface area contributed by atoms with E-state index < -0.39 is 11.8 Å². The van der Waals surface area contributed by atoms with Gasteiger partial charge in [-0.1, -0.05) is 12.1 Å². The lowest BCUT2D eigenvalue weighted by Crippen LogP contribution is -2.06. The third kappa shape index (κ3) is 4.22. The van der Waals surface area contributed by atoms with E-state index in [9.17, 15) is 14.3 Å². The van der Waals surface area contributed by atoms with Crippen LogP contribution in [-0.4, -0.2) is 29.7 Å². The molecule has 2 aromatic rings. The summed E-state index contributed by atoms with van der Waals surface area (Å²) in [7, 11) is 1.59. The number of aromatic carboxylic acids is 1. The Balaban J connectivity index is 1.86. The van der Waals surface area contributed by atoms with Gasteiger partial charge in [0.15, 0.2) is 11.6 Å². The third-order valence-corrected chi connectivity index (χ3v) is 6.81. The van der Waals surface area contributed by atoms with E-state index in [0.29, 0.717) is 5.56 Å². The molecule has 2 aromatic carbocycles. The van der Waals surface area contributed by atoms with Crippen molar-refractivity contribution in [2.45, 2.75) is 11.2 Å². The Morgan fingerprint density at radius 2 is 1.92 bits per heavy atom. The van der Waals surface area contributed by atoms with Crippen LogP contribution >= 0.6 is 23.5 Å². The van der Waals surface area contributed by atoms with E-state index in [-0.39, 0.29) is 22.5 Å². The number of methoxy groups -OCH3 is 1. The van der Waals surface area contributed by atoms with E-state index in [4.69, 9.17) is 9.47 Å². The van der Waals surface area contributed by atoms with Gasteiger partial charge >= 0.3 is 5.97 Å². The molecule has 1 fully saturated rings. The van der Waals surface area contributed by atoms with Gasteiger partial charge in [0.05, 0.1) is 17.3 Å². The van der Waals surface area contributed by atoms with Crippen LogP contribution in [0.15, 0.2) is 36.4 Å². The first kappa shape index (κ1) is 17.9. The van der Waals surface area contributed by atoms with Crippen LogP contribution in [0.3, 0.4) is 0 Å². The highest BCUT2D eigenvalue weighted by molar-refractivity contribution is 8.19. The normalized spacial score (nSPS) is 14.5. The van der Waals surface area contributed by atoms with E-state index in [1.54, 1.807) is 30.6 Å². The first-order valence-electron chi connectivity index (χ1n) is 7.64. The number of thioether (sulfide) groups is 2. The topological polar surface area (TPSA) is 55.8 Å². The van der Waals surface area contributed by atoms with E-state index >= 15 is 0 Å². The molecule has 1 saturated heterocycles. The maximum Gasteiger partial charge on any atom is 0.335 e. The van der Waals surface area contributed by atoms with Gasteiger partial charge in [-0.2, -0.15) is 0 Å². The van der Waals surface area contributed by atoms with Crippen molar-refractivity contribution in [3.05, 3.63) is 58.9 Å². The maximum absolute atomic E-state index is 14.5. The zero-order valence-electron chi connectivity index (χ0n) is 13.5. The smallest absolute Gasteiger partial charge is 0.335 e. The molecule has 132 valence electrons. The Morgan fingerprint density at radius 1 is 1.24 bits per heavy atom. The standard InChI is InChI=1S/C18H17FO4S2/c1-22-13-4-2-11(3-5-13)10-23-16-14(18-24-6-7-25-18)8-12(17(20)21)9-15(16)19/h2-5,8-9,18H,6-7,10H2,1H3,(H,20,21). The predicted molar refractivity (Wildman–Crippen MR) is 98.3 cm³/mol. The van der Waals surface area contributed by atoms with Gasteiger partial charge in [0.25, 0.3) is 0 Å². The largest absolute Gasteiger partial charge is 0.497 e. The average molecular weight is 380 g/mol. The number of halogens is 1. The van der Waals surface area contributed by atoms with Crippen LogP contribution in [0.25, 0.3) is 0 Å². The number of hydrogen-bond donors (Lipinski definition) is 1. The highest BCUT2D eigenvalue weighted by Gasteiger charge is 2.26. The molecular weight excluding hydrogens is 363 g/mol. The number of ether oxygens (including phenoxy) is 2. The van der Waals surface area contributed by atoms with Crippen LogP contribution in [0.4, 0.5) is 4.39 Å². The fourth-order valence-electron chi connectivity index (χ4n) is 2.48. The molecule has 0 spiro atoms. The first-order chi connectivity index (χ1) is 12.1. The van der Waals surface area contributed by atoms with Crippen molar-refractivity contribution in [2.24, 2.45) is 0 Å². The molecule has 1 aliphatic rings. The van der Waals surface area contributed by atoms with Gasteiger partial charge in [0, 0.05) is 17.1 Å². The number of carboxylic acid groups (broad SMARTS) is 1.